The van der Waals surface area contributed by atoms with Crippen molar-refractivity contribution in [3.63, 3.8) is 0 Å². The highest BCUT2D eigenvalue weighted by molar-refractivity contribution is 6.74. The Hall–Kier alpha value is -1.15. The molecule has 0 aromatic carbocycles. The standard InChI is InChI=1S/C19H29ClN2O4Si/c1-19(2,3)27(4,5)25-9-7-22-17-15(10-13(20)11-21-17)14-6-8-24-12-16(14)26-18(22)23/h10-11,14,16H,6-9,12H2,1-5H3. The van der Waals surface area contributed by atoms with E-state index < -0.39 is 14.4 Å². The number of carbonyl (C=O) groups excluding carboxylic acids is 1. The van der Waals surface area contributed by atoms with Gasteiger partial charge in [0.25, 0.3) is 0 Å². The minimum atomic E-state index is -1.90. The molecule has 0 saturated carbocycles. The number of ether oxygens (including phenoxy) is 2. The second kappa shape index (κ2) is 7.70. The van der Waals surface area contributed by atoms with E-state index in [4.69, 9.17) is 25.5 Å². The van der Waals surface area contributed by atoms with Crippen molar-refractivity contribution in [3.8, 4) is 0 Å². The number of pyridine rings is 1. The molecular weight excluding hydrogens is 384 g/mol. The number of aromatic nitrogens is 1. The van der Waals surface area contributed by atoms with Crippen molar-refractivity contribution in [2.75, 3.05) is 31.3 Å². The van der Waals surface area contributed by atoms with Gasteiger partial charge in [0.15, 0.2) is 8.32 Å². The Morgan fingerprint density at radius 3 is 2.85 bits per heavy atom. The first kappa shape index (κ1) is 20.6. The van der Waals surface area contributed by atoms with E-state index in [0.29, 0.717) is 37.2 Å². The fourth-order valence-corrected chi connectivity index (χ4v) is 4.42. The van der Waals surface area contributed by atoms with Gasteiger partial charge in [-0.05, 0) is 30.6 Å². The molecular formula is C19H29ClN2O4Si. The minimum absolute atomic E-state index is 0.0511. The van der Waals surface area contributed by atoms with Crippen molar-refractivity contribution >= 4 is 31.8 Å². The summed E-state index contributed by atoms with van der Waals surface area (Å²) in [7, 11) is -1.90. The van der Waals surface area contributed by atoms with Crippen LogP contribution in [0.15, 0.2) is 12.3 Å². The van der Waals surface area contributed by atoms with Crippen molar-refractivity contribution in [2.24, 2.45) is 0 Å². The van der Waals surface area contributed by atoms with Crippen molar-refractivity contribution < 1.29 is 18.7 Å². The summed E-state index contributed by atoms with van der Waals surface area (Å²) in [5.41, 5.74) is 0.953. The summed E-state index contributed by atoms with van der Waals surface area (Å²) >= 11 is 6.20. The fourth-order valence-electron chi connectivity index (χ4n) is 3.22. The van der Waals surface area contributed by atoms with Gasteiger partial charge in [0.1, 0.15) is 11.9 Å². The van der Waals surface area contributed by atoms with Gasteiger partial charge in [0.2, 0.25) is 0 Å². The van der Waals surface area contributed by atoms with E-state index in [2.05, 4.69) is 38.8 Å². The van der Waals surface area contributed by atoms with E-state index in [-0.39, 0.29) is 17.1 Å². The lowest BCUT2D eigenvalue weighted by atomic mass is 9.89. The highest BCUT2D eigenvalue weighted by atomic mass is 35.5. The Kier molecular flexibility index (Phi) is 5.87. The van der Waals surface area contributed by atoms with Gasteiger partial charge >= 0.3 is 6.09 Å². The molecule has 8 heteroatoms. The van der Waals surface area contributed by atoms with Crippen LogP contribution in [0.25, 0.3) is 0 Å². The molecule has 150 valence electrons. The molecule has 2 unspecified atom stereocenters. The van der Waals surface area contributed by atoms with Crippen molar-refractivity contribution in [1.82, 2.24) is 4.98 Å². The number of carbonyl (C=O) groups is 1. The van der Waals surface area contributed by atoms with Crippen molar-refractivity contribution in [3.05, 3.63) is 22.8 Å². The smallest absolute Gasteiger partial charge is 0.415 e. The van der Waals surface area contributed by atoms with Crippen LogP contribution in [0.4, 0.5) is 10.6 Å². The molecule has 3 heterocycles. The molecule has 1 fully saturated rings. The zero-order chi connectivity index (χ0) is 19.8. The lowest BCUT2D eigenvalue weighted by Gasteiger charge is -2.36. The van der Waals surface area contributed by atoms with E-state index in [9.17, 15) is 4.79 Å². The summed E-state index contributed by atoms with van der Waals surface area (Å²) in [5.74, 6) is 0.674. The lowest BCUT2D eigenvalue weighted by molar-refractivity contribution is -0.0259. The molecule has 2 atom stereocenters. The molecule has 0 radical (unpaired) electrons. The van der Waals surface area contributed by atoms with Crippen LogP contribution in [0.2, 0.25) is 23.2 Å². The second-order valence-corrected chi connectivity index (χ2v) is 14.0. The van der Waals surface area contributed by atoms with Crippen LogP contribution >= 0.6 is 11.6 Å². The minimum Gasteiger partial charge on any atom is -0.443 e. The summed E-state index contributed by atoms with van der Waals surface area (Å²) < 4.78 is 17.5. The van der Waals surface area contributed by atoms with Crippen LogP contribution in [-0.4, -0.2) is 51.9 Å². The first-order chi connectivity index (χ1) is 12.6. The largest absolute Gasteiger partial charge is 0.443 e. The molecule has 0 bridgehead atoms. The second-order valence-electron chi connectivity index (χ2n) is 8.72. The summed E-state index contributed by atoms with van der Waals surface area (Å²) in [4.78, 5) is 18.9. The normalized spacial score (nSPS) is 23.3. The highest BCUT2D eigenvalue weighted by Crippen LogP contribution is 2.39. The molecule has 2 aliphatic rings. The maximum Gasteiger partial charge on any atom is 0.415 e. The molecule has 3 rings (SSSR count). The third-order valence-corrected chi connectivity index (χ3v) is 10.6. The van der Waals surface area contributed by atoms with Gasteiger partial charge < -0.3 is 13.9 Å². The number of halogens is 1. The molecule has 0 N–H and O–H groups in total. The van der Waals surface area contributed by atoms with E-state index in [1.807, 2.05) is 6.07 Å². The summed E-state index contributed by atoms with van der Waals surface area (Å²) in [6.07, 6.45) is 1.65. The Bertz CT molecular complexity index is 707. The van der Waals surface area contributed by atoms with E-state index >= 15 is 0 Å². The van der Waals surface area contributed by atoms with Gasteiger partial charge in [-0.1, -0.05) is 32.4 Å². The quantitative estimate of drug-likeness (QED) is 0.677. The SMILES string of the molecule is CC(C)(C)[Si](C)(C)OCCN1C(=O)OC2COCCC2c2cc(Cl)cnc21. The van der Waals surface area contributed by atoms with Gasteiger partial charge in [0, 0.05) is 24.3 Å². The number of fused-ring (bicyclic) bond motifs is 3. The topological polar surface area (TPSA) is 60.9 Å². The van der Waals surface area contributed by atoms with Crippen LogP contribution in [-0.2, 0) is 13.9 Å². The fraction of sp³-hybridized carbons (Fsp3) is 0.684. The van der Waals surface area contributed by atoms with E-state index in [1.165, 1.54) is 0 Å². The third kappa shape index (κ3) is 4.31. The number of anilines is 1. The molecule has 1 amide bonds. The maximum atomic E-state index is 12.8. The average Bonchev–Trinajstić information content (AvgIpc) is 2.69. The van der Waals surface area contributed by atoms with Crippen LogP contribution in [0.1, 0.15) is 38.7 Å². The van der Waals surface area contributed by atoms with Gasteiger partial charge in [0.05, 0.1) is 24.8 Å². The molecule has 1 aromatic heterocycles. The average molecular weight is 413 g/mol. The zero-order valence-corrected chi connectivity index (χ0v) is 18.5. The number of hydrogen-bond acceptors (Lipinski definition) is 5. The van der Waals surface area contributed by atoms with E-state index in [1.54, 1.807) is 11.1 Å². The molecule has 2 aliphatic heterocycles. The molecule has 0 aliphatic carbocycles. The molecule has 1 saturated heterocycles. The summed E-state index contributed by atoms with van der Waals surface area (Å²) in [6.45, 7) is 12.9. The van der Waals surface area contributed by atoms with Crippen molar-refractivity contribution in [2.45, 2.75) is 57.3 Å². The third-order valence-electron chi connectivity index (χ3n) is 5.88. The maximum absolute atomic E-state index is 12.8. The Labute approximate surface area is 167 Å². The first-order valence-corrected chi connectivity index (χ1v) is 12.7. The van der Waals surface area contributed by atoms with Crippen molar-refractivity contribution in [1.29, 1.82) is 0 Å². The van der Waals surface area contributed by atoms with Crippen LogP contribution in [0, 0.1) is 0 Å². The first-order valence-electron chi connectivity index (χ1n) is 9.45. The van der Waals surface area contributed by atoms with Crippen LogP contribution < -0.4 is 4.90 Å². The highest BCUT2D eigenvalue weighted by Gasteiger charge is 2.40. The number of amides is 1. The number of rotatable bonds is 4. The van der Waals surface area contributed by atoms with Gasteiger partial charge in [-0.2, -0.15) is 0 Å². The molecule has 6 nitrogen and oxygen atoms in total. The van der Waals surface area contributed by atoms with Crippen LogP contribution in [0.5, 0.6) is 0 Å². The molecule has 1 aromatic rings. The molecule has 0 spiro atoms. The molecule has 27 heavy (non-hydrogen) atoms. The predicted octanol–water partition coefficient (Wildman–Crippen LogP) is 4.59. The monoisotopic (exact) mass is 412 g/mol. The number of hydrogen-bond donors (Lipinski definition) is 0. The van der Waals surface area contributed by atoms with Gasteiger partial charge in [-0.3, -0.25) is 4.90 Å². The van der Waals surface area contributed by atoms with E-state index in [0.717, 1.165) is 12.0 Å². The van der Waals surface area contributed by atoms with Crippen LogP contribution in [0.3, 0.4) is 0 Å². The summed E-state index contributed by atoms with van der Waals surface area (Å²) in [6, 6.07) is 1.90. The van der Waals surface area contributed by atoms with Gasteiger partial charge in [-0.15, -0.1) is 0 Å². The Balaban J connectivity index is 1.83. The lowest BCUT2D eigenvalue weighted by Crippen LogP contribution is -2.44. The summed E-state index contributed by atoms with van der Waals surface area (Å²) in [5, 5.41) is 0.674. The number of nitrogens with zero attached hydrogens (tertiary/aromatic N) is 2. The predicted molar refractivity (Wildman–Crippen MR) is 108 cm³/mol. The van der Waals surface area contributed by atoms with Gasteiger partial charge in [-0.25, -0.2) is 9.78 Å². The Morgan fingerprint density at radius 2 is 2.15 bits per heavy atom. The Morgan fingerprint density at radius 1 is 1.41 bits per heavy atom. The zero-order valence-electron chi connectivity index (χ0n) is 16.8.